The van der Waals surface area contributed by atoms with Crippen molar-refractivity contribution in [3.63, 3.8) is 0 Å². The van der Waals surface area contributed by atoms with Crippen LogP contribution in [0, 0.1) is 0 Å². The Morgan fingerprint density at radius 3 is 2.82 bits per heavy atom. The van der Waals surface area contributed by atoms with Crippen LogP contribution in [0.5, 0.6) is 0 Å². The molecule has 0 radical (unpaired) electrons. The lowest BCUT2D eigenvalue weighted by Crippen LogP contribution is -2.32. The summed E-state index contributed by atoms with van der Waals surface area (Å²) in [6.07, 6.45) is 6.50. The smallest absolute Gasteiger partial charge is 0.262 e. The molecule has 1 unspecified atom stereocenters. The van der Waals surface area contributed by atoms with Crippen LogP contribution in [0.15, 0.2) is 83.0 Å². The van der Waals surface area contributed by atoms with E-state index in [1.54, 1.807) is 23.0 Å². The highest BCUT2D eigenvalue weighted by Crippen LogP contribution is 2.29. The van der Waals surface area contributed by atoms with Crippen molar-refractivity contribution < 1.29 is 4.79 Å². The number of benzene rings is 2. The van der Waals surface area contributed by atoms with Gasteiger partial charge in [0.05, 0.1) is 29.2 Å². The Morgan fingerprint density at radius 2 is 1.94 bits per heavy atom. The summed E-state index contributed by atoms with van der Waals surface area (Å²) in [6, 6.07) is 19.4. The third-order valence-electron chi connectivity index (χ3n) is 5.93. The van der Waals surface area contributed by atoms with E-state index in [9.17, 15) is 9.59 Å². The zero-order chi connectivity index (χ0) is 22.6. The molecule has 1 atom stereocenters. The van der Waals surface area contributed by atoms with Gasteiger partial charge in [0.15, 0.2) is 5.16 Å². The molecule has 1 aliphatic rings. The lowest BCUT2D eigenvalue weighted by atomic mass is 9.88. The quantitative estimate of drug-likeness (QED) is 0.349. The second kappa shape index (κ2) is 9.58. The maximum atomic E-state index is 13.2. The largest absolute Gasteiger partial charge is 0.349 e. The summed E-state index contributed by atoms with van der Waals surface area (Å²) < 4.78 is 1.63. The van der Waals surface area contributed by atoms with Crippen molar-refractivity contribution >= 4 is 28.6 Å². The molecule has 1 amide bonds. The van der Waals surface area contributed by atoms with Crippen LogP contribution in [0.3, 0.4) is 0 Å². The van der Waals surface area contributed by atoms with Crippen molar-refractivity contribution in [1.29, 1.82) is 0 Å². The molecule has 1 aliphatic carbocycles. The molecular formula is C26H24N4O2S. The average Bonchev–Trinajstić information content (AvgIpc) is 2.86. The van der Waals surface area contributed by atoms with Gasteiger partial charge in [-0.2, -0.15) is 0 Å². The number of para-hydroxylation sites is 1. The van der Waals surface area contributed by atoms with E-state index < -0.39 is 0 Å². The summed E-state index contributed by atoms with van der Waals surface area (Å²) in [7, 11) is 0. The highest BCUT2D eigenvalue weighted by atomic mass is 32.2. The maximum absolute atomic E-state index is 13.2. The van der Waals surface area contributed by atoms with Gasteiger partial charge in [0.25, 0.3) is 5.56 Å². The summed E-state index contributed by atoms with van der Waals surface area (Å²) in [5, 5.41) is 4.27. The minimum Gasteiger partial charge on any atom is -0.349 e. The number of aryl methyl sites for hydroxylation is 1. The Hall–Kier alpha value is -3.45. The van der Waals surface area contributed by atoms with Crippen LogP contribution in [0.4, 0.5) is 0 Å². The first-order valence-corrected chi connectivity index (χ1v) is 12.1. The normalized spacial score (nSPS) is 15.2. The van der Waals surface area contributed by atoms with Gasteiger partial charge in [-0.05, 0) is 54.2 Å². The van der Waals surface area contributed by atoms with Gasteiger partial charge in [-0.3, -0.25) is 19.1 Å². The third-order valence-corrected chi connectivity index (χ3v) is 6.90. The van der Waals surface area contributed by atoms with Crippen molar-refractivity contribution in [2.24, 2.45) is 0 Å². The molecule has 0 saturated carbocycles. The standard InChI is InChI=1S/C26H24N4O2S/c31-24(28-22-13-5-9-19-8-1-2-10-20(19)22)17-33-26-29-23-12-4-3-11-21(23)25(32)30(26)16-18-7-6-14-27-15-18/h1-4,6-8,10-12,14-15,22H,5,9,13,16-17H2,(H,28,31). The van der Waals surface area contributed by atoms with E-state index in [0.717, 1.165) is 24.8 Å². The summed E-state index contributed by atoms with van der Waals surface area (Å²) in [4.78, 5) is 35.0. The molecule has 4 aromatic rings. The number of rotatable bonds is 6. The number of thioether (sulfide) groups is 1. The Balaban J connectivity index is 1.38. The summed E-state index contributed by atoms with van der Waals surface area (Å²) in [5.74, 6) is 0.133. The molecule has 6 nitrogen and oxygen atoms in total. The zero-order valence-corrected chi connectivity index (χ0v) is 18.9. The predicted octanol–water partition coefficient (Wildman–Crippen LogP) is 4.13. The minimum absolute atomic E-state index is 0.0326. The van der Waals surface area contributed by atoms with E-state index in [4.69, 9.17) is 4.98 Å². The third kappa shape index (κ3) is 4.68. The average molecular weight is 457 g/mol. The van der Waals surface area contributed by atoms with Crippen LogP contribution < -0.4 is 10.9 Å². The minimum atomic E-state index is -0.117. The predicted molar refractivity (Wildman–Crippen MR) is 130 cm³/mol. The number of carbonyl (C=O) groups is 1. The number of pyridine rings is 1. The van der Waals surface area contributed by atoms with Crippen molar-refractivity contribution in [2.45, 2.75) is 37.0 Å². The number of fused-ring (bicyclic) bond motifs is 2. The topological polar surface area (TPSA) is 76.9 Å². The molecular weight excluding hydrogens is 432 g/mol. The van der Waals surface area contributed by atoms with Crippen LogP contribution in [0.2, 0.25) is 0 Å². The maximum Gasteiger partial charge on any atom is 0.262 e. The molecule has 166 valence electrons. The first-order chi connectivity index (χ1) is 16.2. The van der Waals surface area contributed by atoms with Crippen molar-refractivity contribution in [3.05, 3.63) is 100 Å². The second-order valence-corrected chi connectivity index (χ2v) is 9.11. The number of nitrogens with one attached hydrogen (secondary N) is 1. The van der Waals surface area contributed by atoms with Crippen LogP contribution in [-0.2, 0) is 17.8 Å². The van der Waals surface area contributed by atoms with Crippen LogP contribution in [-0.4, -0.2) is 26.2 Å². The van der Waals surface area contributed by atoms with E-state index in [0.29, 0.717) is 22.6 Å². The number of hydrogen-bond donors (Lipinski definition) is 1. The lowest BCUT2D eigenvalue weighted by Gasteiger charge is -2.26. The molecule has 33 heavy (non-hydrogen) atoms. The van der Waals surface area contributed by atoms with Crippen LogP contribution >= 0.6 is 11.8 Å². The number of hydrogen-bond acceptors (Lipinski definition) is 5. The Labute approximate surface area is 196 Å². The Morgan fingerprint density at radius 1 is 1.09 bits per heavy atom. The van der Waals surface area contributed by atoms with Crippen molar-refractivity contribution in [3.8, 4) is 0 Å². The van der Waals surface area contributed by atoms with Crippen molar-refractivity contribution in [1.82, 2.24) is 19.9 Å². The highest BCUT2D eigenvalue weighted by molar-refractivity contribution is 7.99. The molecule has 0 saturated heterocycles. The van der Waals surface area contributed by atoms with Gasteiger partial charge in [0.1, 0.15) is 0 Å². The number of amides is 1. The van der Waals surface area contributed by atoms with Gasteiger partial charge < -0.3 is 5.32 Å². The van der Waals surface area contributed by atoms with Crippen LogP contribution in [0.25, 0.3) is 10.9 Å². The van der Waals surface area contributed by atoms with Gasteiger partial charge in [0.2, 0.25) is 5.91 Å². The summed E-state index contributed by atoms with van der Waals surface area (Å²) in [5.41, 5.74) is 3.94. The number of aromatic nitrogens is 3. The van der Waals surface area contributed by atoms with Gasteiger partial charge in [-0.15, -0.1) is 0 Å². The van der Waals surface area contributed by atoms with Gasteiger partial charge in [-0.1, -0.05) is 54.2 Å². The summed E-state index contributed by atoms with van der Waals surface area (Å²) >= 11 is 1.29. The van der Waals surface area contributed by atoms with Gasteiger partial charge in [0, 0.05) is 12.4 Å². The van der Waals surface area contributed by atoms with Crippen LogP contribution in [0.1, 0.15) is 35.6 Å². The molecule has 5 rings (SSSR count). The monoisotopic (exact) mass is 456 g/mol. The molecule has 2 heterocycles. The van der Waals surface area contributed by atoms with E-state index in [1.165, 1.54) is 22.9 Å². The fourth-order valence-electron chi connectivity index (χ4n) is 4.34. The van der Waals surface area contributed by atoms with Gasteiger partial charge >= 0.3 is 0 Å². The van der Waals surface area contributed by atoms with E-state index in [-0.39, 0.29) is 23.3 Å². The van der Waals surface area contributed by atoms with Gasteiger partial charge in [-0.25, -0.2) is 4.98 Å². The number of nitrogens with zero attached hydrogens (tertiary/aromatic N) is 3. The second-order valence-electron chi connectivity index (χ2n) is 8.16. The molecule has 1 N–H and O–H groups in total. The molecule has 0 bridgehead atoms. The first kappa shape index (κ1) is 21.4. The van der Waals surface area contributed by atoms with E-state index in [1.807, 2.05) is 42.5 Å². The molecule has 2 aromatic heterocycles. The summed E-state index contributed by atoms with van der Waals surface area (Å²) in [6.45, 7) is 0.352. The fraction of sp³-hybridized carbons (Fsp3) is 0.231. The molecule has 7 heteroatoms. The molecule has 0 spiro atoms. The molecule has 0 aliphatic heterocycles. The SMILES string of the molecule is O=C(CSc1nc2ccccc2c(=O)n1Cc1cccnc1)NC1CCCc2ccccc21. The molecule has 2 aromatic carbocycles. The lowest BCUT2D eigenvalue weighted by molar-refractivity contribution is -0.119. The first-order valence-electron chi connectivity index (χ1n) is 11.1. The fourth-order valence-corrected chi connectivity index (χ4v) is 5.15. The van der Waals surface area contributed by atoms with Crippen molar-refractivity contribution in [2.75, 3.05) is 5.75 Å². The van der Waals surface area contributed by atoms with E-state index in [2.05, 4.69) is 22.4 Å². The number of carbonyl (C=O) groups excluding carboxylic acids is 1. The zero-order valence-electron chi connectivity index (χ0n) is 18.1. The molecule has 0 fully saturated rings. The highest BCUT2D eigenvalue weighted by Gasteiger charge is 2.22. The Bertz CT molecular complexity index is 1350. The van der Waals surface area contributed by atoms with E-state index >= 15 is 0 Å². The Kier molecular flexibility index (Phi) is 6.21.